The predicted octanol–water partition coefficient (Wildman–Crippen LogP) is 2.57. The van der Waals surface area contributed by atoms with Crippen molar-refractivity contribution >= 4 is 27.5 Å². The number of carbonyl (C=O) groups is 1. The SMILES string of the molecule is COc1ccc(CN(C2CCNC2=O)S(=O)(=O)c2ccc(Cl)cc2)cc1F. The molecule has 0 radical (unpaired) electrons. The van der Waals surface area contributed by atoms with Gasteiger partial charge in [-0.25, -0.2) is 12.8 Å². The third-order valence-corrected chi connectivity index (χ3v) is 6.46. The summed E-state index contributed by atoms with van der Waals surface area (Å²) in [5.41, 5.74) is 0.408. The second-order valence-electron chi connectivity index (χ2n) is 6.07. The van der Waals surface area contributed by atoms with Crippen LogP contribution >= 0.6 is 11.6 Å². The van der Waals surface area contributed by atoms with E-state index in [1.165, 1.54) is 43.5 Å². The highest BCUT2D eigenvalue weighted by Gasteiger charge is 2.38. The number of amides is 1. The van der Waals surface area contributed by atoms with Crippen LogP contribution in [0.15, 0.2) is 47.4 Å². The number of hydrogen-bond acceptors (Lipinski definition) is 4. The summed E-state index contributed by atoms with van der Waals surface area (Å²) in [4.78, 5) is 12.2. The summed E-state index contributed by atoms with van der Waals surface area (Å²) in [7, 11) is -2.66. The Morgan fingerprint density at radius 2 is 1.96 bits per heavy atom. The van der Waals surface area contributed by atoms with Gasteiger partial charge in [-0.1, -0.05) is 17.7 Å². The number of methoxy groups -OCH3 is 1. The Hall–Kier alpha value is -2.16. The minimum Gasteiger partial charge on any atom is -0.494 e. The molecule has 0 aromatic heterocycles. The second kappa shape index (κ2) is 7.84. The molecule has 6 nitrogen and oxygen atoms in total. The fourth-order valence-electron chi connectivity index (χ4n) is 2.95. The first-order valence-corrected chi connectivity index (χ1v) is 10.0. The third kappa shape index (κ3) is 4.07. The molecule has 1 unspecified atom stereocenters. The number of ether oxygens (including phenoxy) is 1. The van der Waals surface area contributed by atoms with Crippen molar-refractivity contribution in [2.75, 3.05) is 13.7 Å². The van der Waals surface area contributed by atoms with Crippen molar-refractivity contribution in [3.63, 3.8) is 0 Å². The molecule has 9 heteroatoms. The lowest BCUT2D eigenvalue weighted by Gasteiger charge is -2.26. The van der Waals surface area contributed by atoms with E-state index in [9.17, 15) is 17.6 Å². The number of benzene rings is 2. The van der Waals surface area contributed by atoms with E-state index in [-0.39, 0.29) is 23.1 Å². The fourth-order valence-corrected chi connectivity index (χ4v) is 4.68. The van der Waals surface area contributed by atoms with E-state index in [2.05, 4.69) is 5.32 Å². The molecule has 0 aliphatic carbocycles. The van der Waals surface area contributed by atoms with Crippen LogP contribution in [0.25, 0.3) is 0 Å². The van der Waals surface area contributed by atoms with E-state index in [0.29, 0.717) is 23.6 Å². The van der Waals surface area contributed by atoms with Gasteiger partial charge in [0.15, 0.2) is 11.6 Å². The number of rotatable bonds is 6. The molecule has 0 spiro atoms. The molecule has 3 rings (SSSR count). The molecule has 1 aliphatic heterocycles. The molecule has 2 aromatic rings. The van der Waals surface area contributed by atoms with E-state index >= 15 is 0 Å². The smallest absolute Gasteiger partial charge is 0.244 e. The molecule has 0 saturated carbocycles. The van der Waals surface area contributed by atoms with Crippen LogP contribution in [0.2, 0.25) is 5.02 Å². The summed E-state index contributed by atoms with van der Waals surface area (Å²) < 4.78 is 46.4. The fraction of sp³-hybridized carbons (Fsp3) is 0.278. The highest BCUT2D eigenvalue weighted by Crippen LogP contribution is 2.27. The van der Waals surface area contributed by atoms with Crippen LogP contribution in [0.1, 0.15) is 12.0 Å². The van der Waals surface area contributed by atoms with Crippen molar-refractivity contribution in [2.24, 2.45) is 0 Å². The van der Waals surface area contributed by atoms with E-state index in [1.54, 1.807) is 6.07 Å². The normalized spacial score (nSPS) is 17.2. The Kier molecular flexibility index (Phi) is 5.69. The van der Waals surface area contributed by atoms with Crippen molar-refractivity contribution < 1.29 is 22.3 Å². The zero-order chi connectivity index (χ0) is 19.6. The summed E-state index contributed by atoms with van der Waals surface area (Å²) in [6.45, 7) is 0.233. The van der Waals surface area contributed by atoms with Gasteiger partial charge in [0, 0.05) is 18.1 Å². The molecule has 1 heterocycles. The molecule has 1 fully saturated rings. The van der Waals surface area contributed by atoms with Crippen LogP contribution in [0.3, 0.4) is 0 Å². The lowest BCUT2D eigenvalue weighted by Crippen LogP contribution is -2.44. The van der Waals surface area contributed by atoms with Gasteiger partial charge in [-0.3, -0.25) is 4.79 Å². The maximum absolute atomic E-state index is 14.0. The first-order valence-electron chi connectivity index (χ1n) is 8.20. The molecule has 1 N–H and O–H groups in total. The van der Waals surface area contributed by atoms with Gasteiger partial charge in [0.1, 0.15) is 6.04 Å². The minimum absolute atomic E-state index is 0.0144. The molecule has 0 bridgehead atoms. The first kappa shape index (κ1) is 19.6. The lowest BCUT2D eigenvalue weighted by molar-refractivity contribution is -0.122. The number of halogens is 2. The summed E-state index contributed by atoms with van der Waals surface area (Å²) in [6, 6.07) is 9.03. The van der Waals surface area contributed by atoms with Crippen LogP contribution in [-0.2, 0) is 21.4 Å². The zero-order valence-corrected chi connectivity index (χ0v) is 16.1. The average molecular weight is 413 g/mol. The number of nitrogens with zero attached hydrogens (tertiary/aromatic N) is 1. The highest BCUT2D eigenvalue weighted by atomic mass is 35.5. The Morgan fingerprint density at radius 3 is 2.52 bits per heavy atom. The summed E-state index contributed by atoms with van der Waals surface area (Å²) in [5, 5.41) is 3.04. The van der Waals surface area contributed by atoms with Gasteiger partial charge in [-0.05, 0) is 48.4 Å². The van der Waals surface area contributed by atoms with Gasteiger partial charge >= 0.3 is 0 Å². The summed E-state index contributed by atoms with van der Waals surface area (Å²) in [6.07, 6.45) is 0.338. The number of sulfonamides is 1. The third-order valence-electron chi connectivity index (χ3n) is 4.34. The molecule has 27 heavy (non-hydrogen) atoms. The van der Waals surface area contributed by atoms with Crippen molar-refractivity contribution in [3.05, 3.63) is 58.9 Å². The van der Waals surface area contributed by atoms with Gasteiger partial charge in [0.05, 0.1) is 12.0 Å². The summed E-state index contributed by atoms with van der Waals surface area (Å²) >= 11 is 5.84. The second-order valence-corrected chi connectivity index (χ2v) is 8.40. The average Bonchev–Trinajstić information content (AvgIpc) is 3.05. The Labute approximate surface area is 161 Å². The Bertz CT molecular complexity index is 950. The van der Waals surface area contributed by atoms with E-state index < -0.39 is 21.9 Å². The maximum Gasteiger partial charge on any atom is 0.244 e. The van der Waals surface area contributed by atoms with Crippen LogP contribution in [0, 0.1) is 5.82 Å². The van der Waals surface area contributed by atoms with Crippen LogP contribution in [0.5, 0.6) is 5.75 Å². The quantitative estimate of drug-likeness (QED) is 0.791. The first-order chi connectivity index (χ1) is 12.8. The molecular weight excluding hydrogens is 395 g/mol. The van der Waals surface area contributed by atoms with Gasteiger partial charge < -0.3 is 10.1 Å². The molecule has 1 amide bonds. The lowest BCUT2D eigenvalue weighted by atomic mass is 10.2. The van der Waals surface area contributed by atoms with Crippen LogP contribution in [-0.4, -0.2) is 38.3 Å². The Balaban J connectivity index is 1.99. The van der Waals surface area contributed by atoms with Crippen molar-refractivity contribution in [2.45, 2.75) is 23.9 Å². The number of carbonyl (C=O) groups excluding carboxylic acids is 1. The van der Waals surface area contributed by atoms with Crippen molar-refractivity contribution in [1.82, 2.24) is 9.62 Å². The van der Waals surface area contributed by atoms with Gasteiger partial charge in [-0.15, -0.1) is 0 Å². The monoisotopic (exact) mass is 412 g/mol. The Morgan fingerprint density at radius 1 is 1.26 bits per heavy atom. The van der Waals surface area contributed by atoms with Gasteiger partial charge in [0.25, 0.3) is 0 Å². The van der Waals surface area contributed by atoms with Crippen LogP contribution in [0.4, 0.5) is 4.39 Å². The molecule has 1 saturated heterocycles. The van der Waals surface area contributed by atoms with Gasteiger partial charge in [-0.2, -0.15) is 4.31 Å². The largest absolute Gasteiger partial charge is 0.494 e. The molecular formula is C18H18ClFN2O4S. The van der Waals surface area contributed by atoms with Crippen molar-refractivity contribution in [3.8, 4) is 5.75 Å². The molecule has 1 aliphatic rings. The standard InChI is InChI=1S/C18H18ClFN2O4S/c1-26-17-7-2-12(10-15(17)20)11-22(16-8-9-21-18(16)23)27(24,25)14-5-3-13(19)4-6-14/h2-7,10,16H,8-9,11H2,1H3,(H,21,23). The highest BCUT2D eigenvalue weighted by molar-refractivity contribution is 7.89. The number of nitrogens with one attached hydrogen (secondary N) is 1. The molecule has 2 aromatic carbocycles. The molecule has 1 atom stereocenters. The minimum atomic E-state index is -4.00. The van der Waals surface area contributed by atoms with E-state index in [1.807, 2.05) is 0 Å². The van der Waals surface area contributed by atoms with Crippen LogP contribution < -0.4 is 10.1 Å². The topological polar surface area (TPSA) is 75.7 Å². The summed E-state index contributed by atoms with van der Waals surface area (Å²) in [5.74, 6) is -0.916. The van der Waals surface area contributed by atoms with Gasteiger partial charge in [0.2, 0.25) is 15.9 Å². The predicted molar refractivity (Wildman–Crippen MR) is 98.5 cm³/mol. The van der Waals surface area contributed by atoms with Crippen molar-refractivity contribution in [1.29, 1.82) is 0 Å². The van der Waals surface area contributed by atoms with E-state index in [4.69, 9.17) is 16.3 Å². The molecule has 144 valence electrons. The number of hydrogen-bond donors (Lipinski definition) is 1. The van der Waals surface area contributed by atoms with E-state index in [0.717, 1.165) is 4.31 Å². The maximum atomic E-state index is 14.0. The zero-order valence-electron chi connectivity index (χ0n) is 14.5.